The zero-order chi connectivity index (χ0) is 24.3. The highest BCUT2D eigenvalue weighted by atomic mass is 32.2. The van der Waals surface area contributed by atoms with Crippen molar-refractivity contribution < 1.29 is 22.2 Å². The van der Waals surface area contributed by atoms with Crippen LogP contribution in [0.3, 0.4) is 0 Å². The molecule has 1 fully saturated rings. The van der Waals surface area contributed by atoms with E-state index in [1.165, 1.54) is 22.2 Å². The minimum absolute atomic E-state index is 0.0449. The van der Waals surface area contributed by atoms with E-state index >= 15 is 0 Å². The number of benzene rings is 1. The van der Waals surface area contributed by atoms with E-state index in [9.17, 15) is 13.2 Å². The smallest absolute Gasteiger partial charge is 0.248 e. The van der Waals surface area contributed by atoms with Gasteiger partial charge in [0.15, 0.2) is 10.7 Å². The average molecular weight is 484 g/mol. The van der Waals surface area contributed by atoms with Crippen LogP contribution in [-0.4, -0.2) is 36.9 Å². The summed E-state index contributed by atoms with van der Waals surface area (Å²) in [5, 5.41) is 6.82. The van der Waals surface area contributed by atoms with Crippen LogP contribution in [0.4, 0.5) is 5.69 Å². The number of hydrogen-bond acceptors (Lipinski definition) is 6. The Balaban J connectivity index is 1.41. The Kier molecular flexibility index (Phi) is 7.04. The lowest BCUT2D eigenvalue weighted by Crippen LogP contribution is -2.41. The lowest BCUT2D eigenvalue weighted by molar-refractivity contribution is -0.120. The van der Waals surface area contributed by atoms with Gasteiger partial charge < -0.3 is 14.3 Å². The van der Waals surface area contributed by atoms with Crippen molar-refractivity contribution >= 4 is 33.8 Å². The Bertz CT molecular complexity index is 1250. The third-order valence-corrected chi connectivity index (χ3v) is 8.10. The minimum atomic E-state index is -3.83. The highest BCUT2D eigenvalue weighted by Gasteiger charge is 2.36. The Morgan fingerprint density at radius 1 is 1.15 bits per heavy atom. The Morgan fingerprint density at radius 3 is 2.47 bits per heavy atom. The van der Waals surface area contributed by atoms with Gasteiger partial charge in [-0.1, -0.05) is 31.1 Å². The number of piperidine rings is 1. The fraction of sp³-hybridized carbons (Fsp3) is 0.360. The summed E-state index contributed by atoms with van der Waals surface area (Å²) < 4.78 is 38.7. The van der Waals surface area contributed by atoms with Gasteiger partial charge in [-0.3, -0.25) is 4.79 Å². The predicted molar refractivity (Wildman–Crippen MR) is 130 cm³/mol. The van der Waals surface area contributed by atoms with Gasteiger partial charge in [-0.2, -0.15) is 4.31 Å². The van der Waals surface area contributed by atoms with Crippen LogP contribution in [0.25, 0.3) is 12.2 Å². The molecule has 34 heavy (non-hydrogen) atoms. The van der Waals surface area contributed by atoms with Gasteiger partial charge in [-0.25, -0.2) is 8.42 Å². The van der Waals surface area contributed by atoms with Gasteiger partial charge >= 0.3 is 0 Å². The maximum atomic E-state index is 13.4. The fourth-order valence-electron chi connectivity index (χ4n) is 4.03. The summed E-state index contributed by atoms with van der Waals surface area (Å²) in [4.78, 5) is 12.8. The normalized spacial score (nSPS) is 15.9. The van der Waals surface area contributed by atoms with Gasteiger partial charge in [0, 0.05) is 24.7 Å². The number of carbonyl (C=O) groups is 1. The molecule has 1 aliphatic heterocycles. The maximum Gasteiger partial charge on any atom is 0.248 e. The molecule has 2 aromatic heterocycles. The number of amides is 1. The molecule has 0 atom stereocenters. The lowest BCUT2D eigenvalue weighted by atomic mass is 9.97. The van der Waals surface area contributed by atoms with E-state index < -0.39 is 10.0 Å². The number of aryl methyl sites for hydroxylation is 1. The number of aromatic nitrogens is 1. The first kappa shape index (κ1) is 24.0. The van der Waals surface area contributed by atoms with Crippen LogP contribution < -0.4 is 5.32 Å². The molecule has 4 rings (SSSR count). The topological polar surface area (TPSA) is 106 Å². The largest absolute Gasteiger partial charge is 0.465 e. The number of furan rings is 1. The summed E-state index contributed by atoms with van der Waals surface area (Å²) >= 11 is 0. The van der Waals surface area contributed by atoms with Gasteiger partial charge in [0.05, 0.1) is 6.26 Å². The van der Waals surface area contributed by atoms with Crippen molar-refractivity contribution in [1.82, 2.24) is 9.46 Å². The third kappa shape index (κ3) is 5.15. The van der Waals surface area contributed by atoms with Crippen molar-refractivity contribution in [2.45, 2.75) is 44.4 Å². The molecule has 1 aromatic carbocycles. The van der Waals surface area contributed by atoms with E-state index in [4.69, 9.17) is 8.94 Å². The average Bonchev–Trinajstić information content (AvgIpc) is 3.47. The molecule has 1 aliphatic rings. The van der Waals surface area contributed by atoms with Gasteiger partial charge in [0.1, 0.15) is 11.5 Å². The second-order valence-electron chi connectivity index (χ2n) is 8.75. The summed E-state index contributed by atoms with van der Waals surface area (Å²) in [6.07, 6.45) is 5.58. The molecule has 8 nitrogen and oxygen atoms in total. The second-order valence-corrected chi connectivity index (χ2v) is 10.6. The van der Waals surface area contributed by atoms with Crippen molar-refractivity contribution in [1.29, 1.82) is 0 Å². The number of nitrogens with one attached hydrogen (secondary N) is 1. The van der Waals surface area contributed by atoms with E-state index in [2.05, 4.69) is 24.3 Å². The molecule has 0 aliphatic carbocycles. The van der Waals surface area contributed by atoms with Gasteiger partial charge in [-0.15, -0.1) is 0 Å². The van der Waals surface area contributed by atoms with E-state index in [0.29, 0.717) is 30.2 Å². The molecule has 9 heteroatoms. The van der Waals surface area contributed by atoms with E-state index in [1.54, 1.807) is 25.1 Å². The fourth-order valence-corrected chi connectivity index (χ4v) is 5.75. The monoisotopic (exact) mass is 483 g/mol. The molecule has 3 aromatic rings. The molecule has 1 N–H and O–H groups in total. The number of anilines is 1. The van der Waals surface area contributed by atoms with E-state index in [0.717, 1.165) is 5.69 Å². The molecule has 1 amide bonds. The molecule has 0 saturated carbocycles. The summed E-state index contributed by atoms with van der Waals surface area (Å²) in [5.41, 5.74) is 2.25. The maximum absolute atomic E-state index is 13.4. The molecule has 0 bridgehead atoms. The van der Waals surface area contributed by atoms with Crippen LogP contribution in [0.1, 0.15) is 55.4 Å². The highest BCUT2D eigenvalue weighted by Crippen LogP contribution is 2.30. The van der Waals surface area contributed by atoms with Crippen LogP contribution in [0.15, 0.2) is 56.5 Å². The van der Waals surface area contributed by atoms with E-state index in [1.807, 2.05) is 24.3 Å². The number of hydrogen-bond donors (Lipinski definition) is 1. The van der Waals surface area contributed by atoms with Crippen molar-refractivity contribution in [2.75, 3.05) is 18.4 Å². The van der Waals surface area contributed by atoms with Gasteiger partial charge in [0.2, 0.25) is 15.9 Å². The standard InChI is InChI=1S/C25H29N3O5S/c1-17(2)19-6-8-21(9-7-19)26-25(29)20-12-14-28(15-13-20)34(30,31)24-18(3)27-33-23(24)11-10-22-5-4-16-32-22/h4-11,16-17,20H,12-15H2,1-3H3,(H,26,29)/b11-10+. The molecule has 0 radical (unpaired) electrons. The molecule has 0 unspecified atom stereocenters. The van der Waals surface area contributed by atoms with E-state index in [-0.39, 0.29) is 35.6 Å². The Morgan fingerprint density at radius 2 is 1.85 bits per heavy atom. The number of carbonyl (C=O) groups excluding carboxylic acids is 1. The zero-order valence-electron chi connectivity index (χ0n) is 19.5. The first-order valence-electron chi connectivity index (χ1n) is 11.3. The van der Waals surface area contributed by atoms with Crippen LogP contribution >= 0.6 is 0 Å². The van der Waals surface area contributed by atoms with Crippen LogP contribution in [0.5, 0.6) is 0 Å². The van der Waals surface area contributed by atoms with Crippen molar-refractivity contribution in [2.24, 2.45) is 5.92 Å². The molecule has 0 spiro atoms. The summed E-state index contributed by atoms with van der Waals surface area (Å²) in [6, 6.07) is 11.3. The number of rotatable bonds is 7. The SMILES string of the molecule is Cc1noc(/C=C/c2ccco2)c1S(=O)(=O)N1CCC(C(=O)Nc2ccc(C(C)C)cc2)CC1. The zero-order valence-corrected chi connectivity index (χ0v) is 20.3. The summed E-state index contributed by atoms with van der Waals surface area (Å²) in [6.45, 7) is 6.34. The minimum Gasteiger partial charge on any atom is -0.465 e. The Labute approximate surface area is 199 Å². The molecular weight excluding hydrogens is 454 g/mol. The number of nitrogens with zero attached hydrogens (tertiary/aromatic N) is 2. The molecule has 1 saturated heterocycles. The summed E-state index contributed by atoms with van der Waals surface area (Å²) in [5.74, 6) is 0.809. The first-order chi connectivity index (χ1) is 16.3. The molecular formula is C25H29N3O5S. The quantitative estimate of drug-likeness (QED) is 0.512. The van der Waals surface area contributed by atoms with Crippen molar-refractivity contribution in [3.63, 3.8) is 0 Å². The van der Waals surface area contributed by atoms with Crippen molar-refractivity contribution in [3.8, 4) is 0 Å². The second kappa shape index (κ2) is 9.99. The first-order valence-corrected chi connectivity index (χ1v) is 12.8. The van der Waals surface area contributed by atoms with Crippen molar-refractivity contribution in [3.05, 3.63) is 65.4 Å². The molecule has 3 heterocycles. The van der Waals surface area contributed by atoms with Crippen LogP contribution in [0.2, 0.25) is 0 Å². The Hall–Kier alpha value is -3.17. The number of sulfonamides is 1. The van der Waals surface area contributed by atoms with Crippen LogP contribution in [0, 0.1) is 12.8 Å². The summed E-state index contributed by atoms with van der Waals surface area (Å²) in [7, 11) is -3.83. The lowest BCUT2D eigenvalue weighted by Gasteiger charge is -2.30. The third-order valence-electron chi connectivity index (χ3n) is 6.04. The van der Waals surface area contributed by atoms with Crippen LogP contribution in [-0.2, 0) is 14.8 Å². The predicted octanol–water partition coefficient (Wildman–Crippen LogP) is 4.91. The highest BCUT2D eigenvalue weighted by molar-refractivity contribution is 7.89. The van der Waals surface area contributed by atoms with Gasteiger partial charge in [0.25, 0.3) is 0 Å². The molecule has 180 valence electrons. The van der Waals surface area contributed by atoms with Gasteiger partial charge in [-0.05, 0) is 67.7 Å².